The molecule has 0 radical (unpaired) electrons. The smallest absolute Gasteiger partial charge is 0.399 e. The molecule has 10 heteroatoms. The number of nitrogens with zero attached hydrogens (tertiary/aromatic N) is 2. The molecule has 0 aliphatic rings. The van der Waals surface area contributed by atoms with Gasteiger partial charge in [-0.2, -0.15) is 18.3 Å². The van der Waals surface area contributed by atoms with Crippen LogP contribution < -0.4 is 10.5 Å². The Morgan fingerprint density at radius 2 is 1.87 bits per heavy atom. The molecule has 0 fully saturated rings. The maximum atomic E-state index is 12.2. The first kappa shape index (κ1) is 17.3. The summed E-state index contributed by atoms with van der Waals surface area (Å²) in [5.41, 5.74) is 7.03. The lowest BCUT2D eigenvalue weighted by atomic mass is 10.1. The van der Waals surface area contributed by atoms with E-state index in [2.05, 4.69) is 9.82 Å². The summed E-state index contributed by atoms with van der Waals surface area (Å²) >= 11 is 0. The Labute approximate surface area is 131 Å². The average molecular weight is 348 g/mol. The van der Waals surface area contributed by atoms with Gasteiger partial charge in [-0.25, -0.2) is 13.1 Å². The van der Waals surface area contributed by atoms with Crippen LogP contribution in [0.5, 0.6) is 0 Å². The number of alkyl halides is 3. The normalized spacial score (nSPS) is 12.5. The van der Waals surface area contributed by atoms with E-state index in [0.29, 0.717) is 16.8 Å². The summed E-state index contributed by atoms with van der Waals surface area (Å²) in [4.78, 5) is -0.306. The number of anilines is 1. The molecule has 0 saturated heterocycles. The van der Waals surface area contributed by atoms with Gasteiger partial charge in [-0.15, -0.1) is 0 Å². The first-order valence-corrected chi connectivity index (χ1v) is 8.07. The quantitative estimate of drug-likeness (QED) is 0.775. The number of hydrogen-bond donors (Lipinski definition) is 2. The Kier molecular flexibility index (Phi) is 4.95. The van der Waals surface area contributed by atoms with Crippen LogP contribution in [-0.2, 0) is 23.0 Å². The number of nitrogens with two attached hydrogens (primary N) is 1. The van der Waals surface area contributed by atoms with Crippen LogP contribution in [0, 0.1) is 0 Å². The molecular formula is C13H15F3N4O2S. The van der Waals surface area contributed by atoms with Crippen molar-refractivity contribution in [1.29, 1.82) is 0 Å². The third kappa shape index (κ3) is 5.25. The SMILES string of the molecule is Nc1ccc(CCNS(=O)(=O)c2cnn(CC(F)(F)F)c2)cc1. The lowest BCUT2D eigenvalue weighted by molar-refractivity contribution is -0.142. The van der Waals surface area contributed by atoms with Crippen LogP contribution in [0.1, 0.15) is 5.56 Å². The van der Waals surface area contributed by atoms with Gasteiger partial charge in [0.15, 0.2) is 0 Å². The summed E-state index contributed by atoms with van der Waals surface area (Å²) < 4.78 is 63.5. The monoisotopic (exact) mass is 348 g/mol. The molecule has 2 rings (SSSR count). The number of nitrogen functional groups attached to an aromatic ring is 1. The number of halogens is 3. The van der Waals surface area contributed by atoms with E-state index in [0.717, 1.165) is 18.0 Å². The molecule has 0 bridgehead atoms. The van der Waals surface area contributed by atoms with Crippen molar-refractivity contribution in [2.24, 2.45) is 0 Å². The van der Waals surface area contributed by atoms with Crippen LogP contribution in [0.3, 0.4) is 0 Å². The highest BCUT2D eigenvalue weighted by molar-refractivity contribution is 7.89. The van der Waals surface area contributed by atoms with Gasteiger partial charge >= 0.3 is 6.18 Å². The molecular weight excluding hydrogens is 333 g/mol. The largest absolute Gasteiger partial charge is 0.408 e. The molecule has 1 heterocycles. The van der Waals surface area contributed by atoms with Gasteiger partial charge in [-0.3, -0.25) is 4.68 Å². The third-order valence-corrected chi connectivity index (χ3v) is 4.36. The van der Waals surface area contributed by atoms with Crippen LogP contribution in [0.4, 0.5) is 18.9 Å². The number of aromatic nitrogens is 2. The van der Waals surface area contributed by atoms with Crippen molar-refractivity contribution in [3.63, 3.8) is 0 Å². The zero-order valence-corrected chi connectivity index (χ0v) is 12.7. The van der Waals surface area contributed by atoms with Gasteiger partial charge in [0, 0.05) is 18.4 Å². The van der Waals surface area contributed by atoms with Gasteiger partial charge in [0.2, 0.25) is 10.0 Å². The highest BCUT2D eigenvalue weighted by atomic mass is 32.2. The summed E-state index contributed by atoms with van der Waals surface area (Å²) in [6, 6.07) is 6.94. The summed E-state index contributed by atoms with van der Waals surface area (Å²) in [5, 5.41) is 3.41. The predicted octanol–water partition coefficient (Wildman–Crippen LogP) is 1.55. The average Bonchev–Trinajstić information content (AvgIpc) is 2.88. The van der Waals surface area contributed by atoms with Crippen LogP contribution in [-0.4, -0.2) is 30.9 Å². The fourth-order valence-corrected chi connectivity index (χ4v) is 2.83. The van der Waals surface area contributed by atoms with Gasteiger partial charge in [-0.05, 0) is 24.1 Å². The maximum Gasteiger partial charge on any atom is 0.408 e. The van der Waals surface area contributed by atoms with E-state index in [1.54, 1.807) is 24.3 Å². The second-order valence-electron chi connectivity index (χ2n) is 4.88. The molecule has 2 aromatic rings. The molecule has 3 N–H and O–H groups in total. The fraction of sp³-hybridized carbons (Fsp3) is 0.308. The Hall–Kier alpha value is -2.07. The van der Waals surface area contributed by atoms with Crippen molar-refractivity contribution >= 4 is 15.7 Å². The van der Waals surface area contributed by atoms with Crippen molar-refractivity contribution in [2.45, 2.75) is 24.0 Å². The van der Waals surface area contributed by atoms with E-state index in [1.165, 1.54) is 0 Å². The number of rotatable bonds is 6. The van der Waals surface area contributed by atoms with Crippen LogP contribution >= 0.6 is 0 Å². The molecule has 0 unspecified atom stereocenters. The molecule has 0 spiro atoms. The first-order valence-electron chi connectivity index (χ1n) is 6.59. The van der Waals surface area contributed by atoms with Crippen molar-refractivity contribution in [3.05, 3.63) is 42.2 Å². The highest BCUT2D eigenvalue weighted by Crippen LogP contribution is 2.18. The Morgan fingerprint density at radius 3 is 2.48 bits per heavy atom. The standard InChI is InChI=1S/C13H15F3N4O2S/c14-13(15,16)9-20-8-12(7-18-20)23(21,22)19-6-5-10-1-3-11(17)4-2-10/h1-4,7-8,19H,5-6,9,17H2. The minimum absolute atomic E-state index is 0.108. The lowest BCUT2D eigenvalue weighted by Crippen LogP contribution is -2.25. The van der Waals surface area contributed by atoms with Crippen molar-refractivity contribution in [1.82, 2.24) is 14.5 Å². The zero-order chi connectivity index (χ0) is 17.1. The number of benzene rings is 1. The van der Waals surface area contributed by atoms with Crippen LogP contribution in [0.25, 0.3) is 0 Å². The van der Waals surface area contributed by atoms with Crippen molar-refractivity contribution < 1.29 is 21.6 Å². The highest BCUT2D eigenvalue weighted by Gasteiger charge is 2.29. The molecule has 126 valence electrons. The molecule has 0 saturated carbocycles. The third-order valence-electron chi connectivity index (χ3n) is 2.95. The fourth-order valence-electron chi connectivity index (χ4n) is 1.85. The van der Waals surface area contributed by atoms with E-state index in [-0.39, 0.29) is 11.4 Å². The molecule has 0 atom stereocenters. The minimum atomic E-state index is -4.46. The molecule has 6 nitrogen and oxygen atoms in total. The predicted molar refractivity (Wildman–Crippen MR) is 78.0 cm³/mol. The summed E-state index contributed by atoms with van der Waals surface area (Å²) in [6.45, 7) is -1.23. The lowest BCUT2D eigenvalue weighted by Gasteiger charge is -2.06. The van der Waals surface area contributed by atoms with E-state index >= 15 is 0 Å². The van der Waals surface area contributed by atoms with Gasteiger partial charge < -0.3 is 5.73 Å². The summed E-state index contributed by atoms with van der Waals surface area (Å²) in [6.07, 6.45) is -2.30. The van der Waals surface area contributed by atoms with Gasteiger partial charge in [0.25, 0.3) is 0 Å². The van der Waals surface area contributed by atoms with Gasteiger partial charge in [-0.1, -0.05) is 12.1 Å². The van der Waals surface area contributed by atoms with E-state index in [9.17, 15) is 21.6 Å². The van der Waals surface area contributed by atoms with Crippen molar-refractivity contribution in [2.75, 3.05) is 12.3 Å². The van der Waals surface area contributed by atoms with Crippen molar-refractivity contribution in [3.8, 4) is 0 Å². The van der Waals surface area contributed by atoms with Gasteiger partial charge in [0.1, 0.15) is 11.4 Å². The van der Waals surface area contributed by atoms with E-state index in [1.807, 2.05) is 0 Å². The van der Waals surface area contributed by atoms with E-state index in [4.69, 9.17) is 5.73 Å². The number of nitrogens with one attached hydrogen (secondary N) is 1. The van der Waals surface area contributed by atoms with E-state index < -0.39 is 22.7 Å². The molecule has 0 aliphatic heterocycles. The second-order valence-corrected chi connectivity index (χ2v) is 6.65. The van der Waals surface area contributed by atoms with Gasteiger partial charge in [0.05, 0.1) is 6.20 Å². The molecule has 0 aliphatic carbocycles. The Balaban J connectivity index is 1.95. The first-order chi connectivity index (χ1) is 10.7. The molecule has 1 aromatic heterocycles. The second kappa shape index (κ2) is 6.59. The minimum Gasteiger partial charge on any atom is -0.399 e. The Morgan fingerprint density at radius 1 is 1.22 bits per heavy atom. The topological polar surface area (TPSA) is 90.0 Å². The molecule has 0 amide bonds. The number of sulfonamides is 1. The molecule has 23 heavy (non-hydrogen) atoms. The number of hydrogen-bond acceptors (Lipinski definition) is 4. The zero-order valence-electron chi connectivity index (χ0n) is 11.9. The Bertz CT molecular complexity index is 754. The van der Waals surface area contributed by atoms with Crippen LogP contribution in [0.15, 0.2) is 41.6 Å². The summed E-state index contributed by atoms with van der Waals surface area (Å²) in [5.74, 6) is 0. The molecule has 1 aromatic carbocycles. The maximum absolute atomic E-state index is 12.2. The summed E-state index contributed by atoms with van der Waals surface area (Å²) in [7, 11) is -3.90. The van der Waals surface area contributed by atoms with Crippen LogP contribution in [0.2, 0.25) is 0 Å².